The van der Waals surface area contributed by atoms with Gasteiger partial charge in [-0.1, -0.05) is 24.3 Å². The first-order valence-corrected chi connectivity index (χ1v) is 3.59. The van der Waals surface area contributed by atoms with Crippen LogP contribution in [0.4, 0.5) is 0 Å². The molecule has 0 bridgehead atoms. The smallest absolute Gasteiger partial charge is 0.0570 e. The van der Waals surface area contributed by atoms with Crippen LogP contribution in [0.2, 0.25) is 0 Å². The lowest BCUT2D eigenvalue weighted by atomic mass is 10.1. The minimum atomic E-state index is 0. The number of fused-ring (bicyclic) bond motifs is 1. The highest BCUT2D eigenvalue weighted by Gasteiger charge is 1.98. The molecule has 0 radical (unpaired) electrons. The Balaban J connectivity index is 0.000000720. The van der Waals surface area contributed by atoms with Crippen LogP contribution in [-0.4, -0.2) is 12.4 Å². The van der Waals surface area contributed by atoms with E-state index in [2.05, 4.69) is 16.3 Å². The molecule has 0 spiro atoms. The lowest BCUT2D eigenvalue weighted by Crippen LogP contribution is -1.90. The van der Waals surface area contributed by atoms with Crippen LogP contribution >= 0.6 is 12.4 Å². The van der Waals surface area contributed by atoms with E-state index in [0.717, 1.165) is 6.42 Å². The van der Waals surface area contributed by atoms with E-state index in [4.69, 9.17) is 0 Å². The standard InChI is InChI=1S/C9H8N2.ClH/c1-2-4-9-7-11-10-6-5-8(9)3-1;/h1-4,6-7H,5H2;1H. The summed E-state index contributed by atoms with van der Waals surface area (Å²) in [6, 6.07) is 8.19. The quantitative estimate of drug-likeness (QED) is 0.584. The predicted octanol–water partition coefficient (Wildman–Crippen LogP) is 2.07. The van der Waals surface area contributed by atoms with Gasteiger partial charge in [-0.15, -0.1) is 12.4 Å². The van der Waals surface area contributed by atoms with Crippen molar-refractivity contribution in [2.24, 2.45) is 10.2 Å². The summed E-state index contributed by atoms with van der Waals surface area (Å²) in [5.41, 5.74) is 2.46. The maximum absolute atomic E-state index is 3.86. The van der Waals surface area contributed by atoms with Gasteiger partial charge in [0.25, 0.3) is 0 Å². The molecule has 0 amide bonds. The molecule has 1 aliphatic rings. The Hall–Kier alpha value is -1.15. The van der Waals surface area contributed by atoms with Gasteiger partial charge in [0.05, 0.1) is 6.21 Å². The molecule has 1 heterocycles. The van der Waals surface area contributed by atoms with Crippen molar-refractivity contribution in [3.05, 3.63) is 35.4 Å². The molecule has 0 aliphatic carbocycles. The SMILES string of the molecule is C1=NN=Cc2ccccc2C1.Cl. The third-order valence-electron chi connectivity index (χ3n) is 1.71. The zero-order chi connectivity index (χ0) is 7.52. The molecule has 1 aliphatic heterocycles. The van der Waals surface area contributed by atoms with Crippen molar-refractivity contribution in [2.45, 2.75) is 6.42 Å². The summed E-state index contributed by atoms with van der Waals surface area (Å²) in [6.07, 6.45) is 4.50. The number of halogens is 1. The molecule has 0 N–H and O–H groups in total. The molecule has 0 saturated heterocycles. The summed E-state index contributed by atoms with van der Waals surface area (Å²) in [6.45, 7) is 0. The van der Waals surface area contributed by atoms with E-state index in [0.29, 0.717) is 0 Å². The Morgan fingerprint density at radius 1 is 1.08 bits per heavy atom. The van der Waals surface area contributed by atoms with Crippen molar-refractivity contribution in [3.8, 4) is 0 Å². The van der Waals surface area contributed by atoms with Gasteiger partial charge in [0.15, 0.2) is 0 Å². The van der Waals surface area contributed by atoms with Gasteiger partial charge in [0.2, 0.25) is 0 Å². The highest BCUT2D eigenvalue weighted by molar-refractivity contribution is 5.85. The van der Waals surface area contributed by atoms with Crippen molar-refractivity contribution in [1.82, 2.24) is 0 Å². The van der Waals surface area contributed by atoms with E-state index < -0.39 is 0 Å². The largest absolute Gasteiger partial charge is 0.163 e. The monoisotopic (exact) mass is 180 g/mol. The van der Waals surface area contributed by atoms with Crippen LogP contribution in [0.3, 0.4) is 0 Å². The van der Waals surface area contributed by atoms with E-state index in [-0.39, 0.29) is 12.4 Å². The third kappa shape index (κ3) is 1.71. The summed E-state index contributed by atoms with van der Waals surface area (Å²) in [7, 11) is 0. The first kappa shape index (κ1) is 8.94. The van der Waals surface area contributed by atoms with Crippen molar-refractivity contribution < 1.29 is 0 Å². The molecule has 2 rings (SSSR count). The van der Waals surface area contributed by atoms with E-state index in [1.165, 1.54) is 11.1 Å². The fourth-order valence-corrected chi connectivity index (χ4v) is 1.13. The molecular formula is C9H9ClN2. The molecule has 62 valence electrons. The summed E-state index contributed by atoms with van der Waals surface area (Å²) < 4.78 is 0. The third-order valence-corrected chi connectivity index (χ3v) is 1.71. The van der Waals surface area contributed by atoms with Crippen LogP contribution in [0, 0.1) is 0 Å². The first-order valence-electron chi connectivity index (χ1n) is 3.59. The molecule has 0 fully saturated rings. The Morgan fingerprint density at radius 3 is 2.83 bits per heavy atom. The molecule has 12 heavy (non-hydrogen) atoms. The van der Waals surface area contributed by atoms with E-state index in [1.807, 2.05) is 24.4 Å². The molecule has 0 aromatic heterocycles. The van der Waals surface area contributed by atoms with Crippen LogP contribution < -0.4 is 0 Å². The van der Waals surface area contributed by atoms with Gasteiger partial charge in [0.1, 0.15) is 0 Å². The van der Waals surface area contributed by atoms with E-state index in [9.17, 15) is 0 Å². The van der Waals surface area contributed by atoms with Crippen molar-refractivity contribution in [2.75, 3.05) is 0 Å². The number of hydrogen-bond acceptors (Lipinski definition) is 2. The first-order chi connectivity index (χ1) is 5.47. The minimum Gasteiger partial charge on any atom is -0.163 e. The maximum Gasteiger partial charge on any atom is 0.0570 e. The Labute approximate surface area is 77.4 Å². The van der Waals surface area contributed by atoms with Crippen molar-refractivity contribution in [1.29, 1.82) is 0 Å². The topological polar surface area (TPSA) is 24.7 Å². The van der Waals surface area contributed by atoms with Crippen LogP contribution in [-0.2, 0) is 6.42 Å². The van der Waals surface area contributed by atoms with Gasteiger partial charge >= 0.3 is 0 Å². The molecule has 1 aromatic rings. The number of hydrogen-bond donors (Lipinski definition) is 0. The zero-order valence-corrected chi connectivity index (χ0v) is 7.29. The van der Waals surface area contributed by atoms with Crippen LogP contribution in [0.1, 0.15) is 11.1 Å². The molecule has 0 atom stereocenters. The second-order valence-electron chi connectivity index (χ2n) is 2.45. The predicted molar refractivity (Wildman–Crippen MR) is 53.5 cm³/mol. The summed E-state index contributed by atoms with van der Waals surface area (Å²) in [5, 5.41) is 7.69. The molecule has 1 aromatic carbocycles. The summed E-state index contributed by atoms with van der Waals surface area (Å²) >= 11 is 0. The molecule has 2 nitrogen and oxygen atoms in total. The van der Waals surface area contributed by atoms with Crippen LogP contribution in [0.5, 0.6) is 0 Å². The second-order valence-corrected chi connectivity index (χ2v) is 2.45. The van der Waals surface area contributed by atoms with Gasteiger partial charge < -0.3 is 0 Å². The molecular weight excluding hydrogens is 172 g/mol. The minimum absolute atomic E-state index is 0. The van der Waals surface area contributed by atoms with Crippen molar-refractivity contribution >= 4 is 24.8 Å². The van der Waals surface area contributed by atoms with Gasteiger partial charge in [-0.2, -0.15) is 10.2 Å². The number of rotatable bonds is 0. The van der Waals surface area contributed by atoms with Gasteiger partial charge in [0, 0.05) is 12.6 Å². The fourth-order valence-electron chi connectivity index (χ4n) is 1.13. The van der Waals surface area contributed by atoms with Crippen molar-refractivity contribution in [3.63, 3.8) is 0 Å². The number of nitrogens with zero attached hydrogens (tertiary/aromatic N) is 2. The van der Waals surface area contributed by atoms with Gasteiger partial charge in [-0.25, -0.2) is 0 Å². The summed E-state index contributed by atoms with van der Waals surface area (Å²) in [5.74, 6) is 0. The highest BCUT2D eigenvalue weighted by Crippen LogP contribution is 2.07. The summed E-state index contributed by atoms with van der Waals surface area (Å²) in [4.78, 5) is 0. The Morgan fingerprint density at radius 2 is 1.92 bits per heavy atom. The Kier molecular flexibility index (Phi) is 3.00. The van der Waals surface area contributed by atoms with Gasteiger partial charge in [-0.3, -0.25) is 0 Å². The van der Waals surface area contributed by atoms with Crippen LogP contribution in [0.15, 0.2) is 34.5 Å². The van der Waals surface area contributed by atoms with E-state index >= 15 is 0 Å². The zero-order valence-electron chi connectivity index (χ0n) is 6.47. The second kappa shape index (κ2) is 4.02. The molecule has 3 heteroatoms. The average molecular weight is 181 g/mol. The lowest BCUT2D eigenvalue weighted by molar-refractivity contribution is 1.25. The Bertz CT molecular complexity index is 318. The average Bonchev–Trinajstić information content (AvgIpc) is 2.28. The molecule has 0 saturated carbocycles. The molecule has 0 unspecified atom stereocenters. The fraction of sp³-hybridized carbons (Fsp3) is 0.111. The van der Waals surface area contributed by atoms with Gasteiger partial charge in [-0.05, 0) is 11.1 Å². The van der Waals surface area contributed by atoms with Crippen LogP contribution in [0.25, 0.3) is 0 Å². The number of benzene rings is 1. The normalized spacial score (nSPS) is 13.0. The lowest BCUT2D eigenvalue weighted by Gasteiger charge is -1.97. The van der Waals surface area contributed by atoms with E-state index in [1.54, 1.807) is 6.21 Å². The highest BCUT2D eigenvalue weighted by atomic mass is 35.5. The maximum atomic E-state index is 3.86.